The van der Waals surface area contributed by atoms with Crippen LogP contribution in [-0.2, 0) is 9.84 Å². The Hall–Kier alpha value is -1.96. The minimum Gasteiger partial charge on any atom is -0.399 e. The summed E-state index contributed by atoms with van der Waals surface area (Å²) >= 11 is 0. The molecule has 0 spiro atoms. The maximum absolute atomic E-state index is 11.8. The molecule has 2 aromatic rings. The van der Waals surface area contributed by atoms with Gasteiger partial charge < -0.3 is 5.73 Å². The molecular weight excluding hydrogens is 290 g/mol. The first kappa shape index (κ1) is 14.0. The van der Waals surface area contributed by atoms with E-state index in [1.54, 1.807) is 4.68 Å². The molecule has 112 valence electrons. The molecule has 21 heavy (non-hydrogen) atoms. The summed E-state index contributed by atoms with van der Waals surface area (Å²) in [6, 6.07) is 5.32. The average Bonchev–Trinajstić information content (AvgIpc) is 2.89. The molecule has 2 N–H and O–H groups in total. The van der Waals surface area contributed by atoms with Gasteiger partial charge in [-0.05, 0) is 47.9 Å². The van der Waals surface area contributed by atoms with Crippen LogP contribution >= 0.6 is 0 Å². The third-order valence-electron chi connectivity index (χ3n) is 3.78. The molecule has 1 fully saturated rings. The Kier molecular flexibility index (Phi) is 3.40. The van der Waals surface area contributed by atoms with Gasteiger partial charge in [0.1, 0.15) is 0 Å². The van der Waals surface area contributed by atoms with Crippen LogP contribution in [0, 0.1) is 6.92 Å². The predicted octanol–water partition coefficient (Wildman–Crippen LogP) is 0.980. The van der Waals surface area contributed by atoms with Crippen LogP contribution in [0.15, 0.2) is 18.2 Å². The van der Waals surface area contributed by atoms with Crippen molar-refractivity contribution in [1.29, 1.82) is 0 Å². The van der Waals surface area contributed by atoms with Gasteiger partial charge in [-0.25, -0.2) is 13.1 Å². The monoisotopic (exact) mass is 307 g/mol. The van der Waals surface area contributed by atoms with E-state index in [1.807, 2.05) is 25.1 Å². The molecule has 0 saturated carbocycles. The minimum atomic E-state index is -3.02. The number of hydrogen-bond acceptors (Lipinski definition) is 6. The molecule has 1 aromatic heterocycles. The van der Waals surface area contributed by atoms with Gasteiger partial charge >= 0.3 is 0 Å². The van der Waals surface area contributed by atoms with Crippen molar-refractivity contribution < 1.29 is 8.42 Å². The normalized spacial score (nSPS) is 21.3. The second kappa shape index (κ2) is 5.10. The van der Waals surface area contributed by atoms with Gasteiger partial charge in [-0.15, -0.1) is 5.10 Å². The quantitative estimate of drug-likeness (QED) is 0.829. The van der Waals surface area contributed by atoms with Gasteiger partial charge in [-0.1, -0.05) is 6.07 Å². The Labute approximate surface area is 123 Å². The second-order valence-electron chi connectivity index (χ2n) is 5.43. The van der Waals surface area contributed by atoms with E-state index >= 15 is 0 Å². The van der Waals surface area contributed by atoms with Gasteiger partial charge in [0.25, 0.3) is 0 Å². The van der Waals surface area contributed by atoms with Crippen molar-refractivity contribution in [1.82, 2.24) is 20.2 Å². The van der Waals surface area contributed by atoms with Crippen LogP contribution < -0.4 is 5.73 Å². The second-order valence-corrected chi connectivity index (χ2v) is 7.66. The summed E-state index contributed by atoms with van der Waals surface area (Å²) in [5, 5.41) is 11.8. The largest absolute Gasteiger partial charge is 0.399 e. The molecule has 1 aromatic carbocycles. The predicted molar refractivity (Wildman–Crippen MR) is 79.3 cm³/mol. The lowest BCUT2D eigenvalue weighted by Gasteiger charge is -2.22. The van der Waals surface area contributed by atoms with Crippen LogP contribution in [0.3, 0.4) is 0 Å². The SMILES string of the molecule is Cc1ccc(N)cc1-c1nnnn1C1CCCS(=O)(=O)C1. The third-order valence-corrected chi connectivity index (χ3v) is 5.58. The Morgan fingerprint density at radius 3 is 2.95 bits per heavy atom. The van der Waals surface area contributed by atoms with Gasteiger partial charge in [0, 0.05) is 11.3 Å². The van der Waals surface area contributed by atoms with Crippen molar-refractivity contribution in [3.05, 3.63) is 23.8 Å². The number of aryl methyl sites for hydroxylation is 1. The van der Waals surface area contributed by atoms with Crippen LogP contribution in [0.4, 0.5) is 5.69 Å². The number of rotatable bonds is 2. The van der Waals surface area contributed by atoms with Crippen LogP contribution in [-0.4, -0.2) is 40.1 Å². The van der Waals surface area contributed by atoms with E-state index in [9.17, 15) is 8.42 Å². The van der Waals surface area contributed by atoms with E-state index in [4.69, 9.17) is 5.73 Å². The first-order chi connectivity index (χ1) is 9.96. The molecule has 3 rings (SSSR count). The number of tetrazole rings is 1. The number of nitrogen functional groups attached to an aromatic ring is 1. The van der Waals surface area contributed by atoms with Crippen molar-refractivity contribution >= 4 is 15.5 Å². The highest BCUT2D eigenvalue weighted by molar-refractivity contribution is 7.91. The number of nitrogens with zero attached hydrogens (tertiary/aromatic N) is 4. The minimum absolute atomic E-state index is 0.0897. The highest BCUT2D eigenvalue weighted by Gasteiger charge is 2.29. The smallest absolute Gasteiger partial charge is 0.182 e. The molecular formula is C13H17N5O2S. The van der Waals surface area contributed by atoms with E-state index in [2.05, 4.69) is 15.5 Å². The molecule has 2 heterocycles. The summed E-state index contributed by atoms with van der Waals surface area (Å²) in [6.45, 7) is 1.95. The first-order valence-electron chi connectivity index (χ1n) is 6.81. The Bertz CT molecular complexity index is 769. The zero-order valence-corrected chi connectivity index (χ0v) is 12.5. The molecule has 1 unspecified atom stereocenters. The van der Waals surface area contributed by atoms with Crippen LogP contribution in [0.5, 0.6) is 0 Å². The molecule has 0 aliphatic carbocycles. The van der Waals surface area contributed by atoms with Crippen molar-refractivity contribution in [2.75, 3.05) is 17.2 Å². The Balaban J connectivity index is 2.03. The lowest BCUT2D eigenvalue weighted by Crippen LogP contribution is -2.28. The first-order valence-corrected chi connectivity index (χ1v) is 8.63. The van der Waals surface area contributed by atoms with E-state index < -0.39 is 9.84 Å². The van der Waals surface area contributed by atoms with Crippen molar-refractivity contribution in [2.24, 2.45) is 0 Å². The van der Waals surface area contributed by atoms with Crippen molar-refractivity contribution in [2.45, 2.75) is 25.8 Å². The summed E-state index contributed by atoms with van der Waals surface area (Å²) in [4.78, 5) is 0. The topological polar surface area (TPSA) is 104 Å². The van der Waals surface area contributed by atoms with Crippen LogP contribution in [0.1, 0.15) is 24.4 Å². The fourth-order valence-corrected chi connectivity index (χ4v) is 4.36. The lowest BCUT2D eigenvalue weighted by molar-refractivity contribution is 0.429. The number of hydrogen-bond donors (Lipinski definition) is 1. The van der Waals surface area contributed by atoms with Crippen molar-refractivity contribution in [3.8, 4) is 11.4 Å². The number of benzene rings is 1. The summed E-state index contributed by atoms with van der Waals surface area (Å²) < 4.78 is 25.3. The summed E-state index contributed by atoms with van der Waals surface area (Å²) in [5.41, 5.74) is 8.29. The molecule has 0 radical (unpaired) electrons. The zero-order chi connectivity index (χ0) is 15.0. The lowest BCUT2D eigenvalue weighted by atomic mass is 10.1. The van der Waals surface area contributed by atoms with Gasteiger partial charge in [-0.2, -0.15) is 0 Å². The highest BCUT2D eigenvalue weighted by atomic mass is 32.2. The molecule has 1 atom stereocenters. The number of anilines is 1. The van der Waals surface area contributed by atoms with Crippen LogP contribution in [0.25, 0.3) is 11.4 Å². The molecule has 1 aliphatic heterocycles. The average molecular weight is 307 g/mol. The highest BCUT2D eigenvalue weighted by Crippen LogP contribution is 2.29. The maximum atomic E-state index is 11.8. The van der Waals surface area contributed by atoms with E-state index in [0.717, 1.165) is 17.5 Å². The molecule has 7 nitrogen and oxygen atoms in total. The number of sulfone groups is 1. The molecule has 8 heteroatoms. The van der Waals surface area contributed by atoms with E-state index in [-0.39, 0.29) is 17.5 Å². The summed E-state index contributed by atoms with van der Waals surface area (Å²) in [6.07, 6.45) is 1.40. The van der Waals surface area contributed by atoms with E-state index in [1.165, 1.54) is 0 Å². The van der Waals surface area contributed by atoms with Crippen molar-refractivity contribution in [3.63, 3.8) is 0 Å². The Morgan fingerprint density at radius 2 is 2.19 bits per heavy atom. The van der Waals surface area contributed by atoms with Gasteiger partial charge in [0.15, 0.2) is 15.7 Å². The summed E-state index contributed by atoms with van der Waals surface area (Å²) in [7, 11) is -3.02. The Morgan fingerprint density at radius 1 is 1.38 bits per heavy atom. The molecule has 0 bridgehead atoms. The number of nitrogens with two attached hydrogens (primary N) is 1. The van der Waals surface area contributed by atoms with Gasteiger partial charge in [0.05, 0.1) is 17.5 Å². The molecule has 1 saturated heterocycles. The fourth-order valence-electron chi connectivity index (χ4n) is 2.69. The van der Waals surface area contributed by atoms with Gasteiger partial charge in [-0.3, -0.25) is 0 Å². The fraction of sp³-hybridized carbons (Fsp3) is 0.462. The van der Waals surface area contributed by atoms with Gasteiger partial charge in [0.2, 0.25) is 0 Å². The van der Waals surface area contributed by atoms with Crippen LogP contribution in [0.2, 0.25) is 0 Å². The zero-order valence-electron chi connectivity index (χ0n) is 11.7. The maximum Gasteiger partial charge on any atom is 0.182 e. The summed E-state index contributed by atoms with van der Waals surface area (Å²) in [5.74, 6) is 0.909. The van der Waals surface area contributed by atoms with E-state index in [0.29, 0.717) is 17.9 Å². The number of aromatic nitrogens is 4. The standard InChI is InChI=1S/C13H17N5O2S/c1-9-4-5-10(14)7-12(9)13-15-16-17-18(13)11-3-2-6-21(19,20)8-11/h4-5,7,11H,2-3,6,8,14H2,1H3. The molecule has 1 aliphatic rings. The third kappa shape index (κ3) is 2.76. The molecule has 0 amide bonds.